The standard InChI is InChI=1S/C25H18N4O5/c30-21-6-2-1-5-17(21)20-11-18(16-4-3-9-26-13-16)27-29(20)25(31)19-12-23(34-28-19)15-7-8-22-24(10-15)33-14-32-22/h1-10,12-13,20,30H,11,14H2. The molecule has 1 atom stereocenters. The first-order valence-electron chi connectivity index (χ1n) is 10.6. The number of amides is 1. The van der Waals surface area contributed by atoms with Gasteiger partial charge in [0.25, 0.3) is 5.91 Å². The van der Waals surface area contributed by atoms with Crippen molar-refractivity contribution in [1.29, 1.82) is 0 Å². The summed E-state index contributed by atoms with van der Waals surface area (Å²) in [7, 11) is 0. The van der Waals surface area contributed by atoms with Gasteiger partial charge in [-0.1, -0.05) is 29.4 Å². The normalized spacial score (nSPS) is 16.5. The third-order valence-corrected chi connectivity index (χ3v) is 5.80. The maximum Gasteiger partial charge on any atom is 0.296 e. The lowest BCUT2D eigenvalue weighted by Crippen LogP contribution is -2.27. The number of benzene rings is 2. The van der Waals surface area contributed by atoms with Crippen molar-refractivity contribution in [3.8, 4) is 28.6 Å². The third kappa shape index (κ3) is 3.43. The van der Waals surface area contributed by atoms with Crippen LogP contribution in [0.15, 0.2) is 82.7 Å². The average molecular weight is 454 g/mol. The van der Waals surface area contributed by atoms with Crippen LogP contribution in [0.25, 0.3) is 11.3 Å². The number of phenolic OH excluding ortho intramolecular Hbond substituents is 1. The Hall–Kier alpha value is -4.66. The van der Waals surface area contributed by atoms with Crippen LogP contribution in [-0.2, 0) is 0 Å². The Kier molecular flexibility index (Phi) is 4.72. The second-order valence-corrected chi connectivity index (χ2v) is 7.86. The van der Waals surface area contributed by atoms with Gasteiger partial charge in [-0.15, -0.1) is 0 Å². The minimum absolute atomic E-state index is 0.0918. The van der Waals surface area contributed by atoms with Crippen LogP contribution in [0.1, 0.15) is 34.1 Å². The van der Waals surface area contributed by atoms with Crippen LogP contribution in [0.2, 0.25) is 0 Å². The molecule has 2 aliphatic heterocycles. The van der Waals surface area contributed by atoms with E-state index in [1.165, 1.54) is 5.01 Å². The maximum atomic E-state index is 13.5. The van der Waals surface area contributed by atoms with Crippen LogP contribution in [0.3, 0.4) is 0 Å². The number of pyridine rings is 1. The minimum Gasteiger partial charge on any atom is -0.508 e. The Morgan fingerprint density at radius 3 is 2.74 bits per heavy atom. The SMILES string of the molecule is O=C(c1cc(-c2ccc3c(c2)OCO3)on1)N1N=C(c2cccnc2)CC1c1ccccc1O. The van der Waals surface area contributed by atoms with Crippen molar-refractivity contribution in [1.82, 2.24) is 15.1 Å². The molecule has 0 saturated heterocycles. The predicted molar refractivity (Wildman–Crippen MR) is 120 cm³/mol. The number of fused-ring (bicyclic) bond motifs is 1. The zero-order valence-electron chi connectivity index (χ0n) is 17.8. The van der Waals surface area contributed by atoms with Gasteiger partial charge in [-0.2, -0.15) is 5.10 Å². The molecule has 0 fully saturated rings. The number of nitrogens with zero attached hydrogens (tertiary/aromatic N) is 4. The van der Waals surface area contributed by atoms with Gasteiger partial charge in [0.15, 0.2) is 23.0 Å². The van der Waals surface area contributed by atoms with Crippen molar-refractivity contribution in [2.75, 3.05) is 6.79 Å². The van der Waals surface area contributed by atoms with Crippen molar-refractivity contribution in [2.24, 2.45) is 5.10 Å². The van der Waals surface area contributed by atoms with E-state index in [-0.39, 0.29) is 18.2 Å². The van der Waals surface area contributed by atoms with Crippen LogP contribution < -0.4 is 9.47 Å². The number of para-hydroxylation sites is 1. The van der Waals surface area contributed by atoms with E-state index in [1.807, 2.05) is 24.3 Å². The number of hydrogen-bond acceptors (Lipinski definition) is 8. The van der Waals surface area contributed by atoms with Gasteiger partial charge in [0, 0.05) is 41.6 Å². The lowest BCUT2D eigenvalue weighted by atomic mass is 9.98. The molecule has 2 aromatic heterocycles. The summed E-state index contributed by atoms with van der Waals surface area (Å²) >= 11 is 0. The third-order valence-electron chi connectivity index (χ3n) is 5.80. The summed E-state index contributed by atoms with van der Waals surface area (Å²) in [6, 6.07) is 17.0. The fraction of sp³-hybridized carbons (Fsp3) is 0.120. The second kappa shape index (κ2) is 8.04. The summed E-state index contributed by atoms with van der Waals surface area (Å²) < 4.78 is 16.2. The van der Waals surface area contributed by atoms with Gasteiger partial charge < -0.3 is 19.1 Å². The summed E-state index contributed by atoms with van der Waals surface area (Å²) in [5, 5.41) is 20.4. The highest BCUT2D eigenvalue weighted by molar-refractivity contribution is 6.04. The van der Waals surface area contributed by atoms with E-state index in [4.69, 9.17) is 14.0 Å². The predicted octanol–water partition coefficient (Wildman–Crippen LogP) is 4.16. The molecule has 0 radical (unpaired) electrons. The van der Waals surface area contributed by atoms with E-state index in [9.17, 15) is 9.90 Å². The van der Waals surface area contributed by atoms with Crippen molar-refractivity contribution >= 4 is 11.6 Å². The molecule has 0 aliphatic carbocycles. The first-order chi connectivity index (χ1) is 16.7. The van der Waals surface area contributed by atoms with E-state index in [1.54, 1.807) is 48.8 Å². The fourth-order valence-corrected chi connectivity index (χ4v) is 4.10. The highest BCUT2D eigenvalue weighted by Crippen LogP contribution is 2.39. The molecule has 168 valence electrons. The lowest BCUT2D eigenvalue weighted by molar-refractivity contribution is 0.0699. The molecule has 1 amide bonds. The summed E-state index contributed by atoms with van der Waals surface area (Å²) in [5.41, 5.74) is 2.89. The van der Waals surface area contributed by atoms with E-state index >= 15 is 0 Å². The Labute approximate surface area is 193 Å². The largest absolute Gasteiger partial charge is 0.508 e. The molecule has 2 aliphatic rings. The molecular weight excluding hydrogens is 436 g/mol. The molecule has 4 aromatic rings. The lowest BCUT2D eigenvalue weighted by Gasteiger charge is -2.21. The number of phenols is 1. The number of aromatic nitrogens is 2. The number of hydrazone groups is 1. The zero-order chi connectivity index (χ0) is 23.1. The monoisotopic (exact) mass is 454 g/mol. The number of carbonyl (C=O) groups is 1. The van der Waals surface area contributed by atoms with E-state index in [0.717, 1.165) is 5.56 Å². The van der Waals surface area contributed by atoms with Gasteiger partial charge in [0.05, 0.1) is 11.8 Å². The van der Waals surface area contributed by atoms with Crippen LogP contribution in [0, 0.1) is 0 Å². The molecule has 6 rings (SSSR count). The Morgan fingerprint density at radius 1 is 1.00 bits per heavy atom. The number of ether oxygens (including phenoxy) is 2. The molecule has 1 N–H and O–H groups in total. The Balaban J connectivity index is 1.35. The fourth-order valence-electron chi connectivity index (χ4n) is 4.10. The first kappa shape index (κ1) is 20.0. The Bertz CT molecular complexity index is 1420. The average Bonchev–Trinajstić information content (AvgIpc) is 3.63. The number of rotatable bonds is 4. The number of aromatic hydroxyl groups is 1. The molecule has 0 bridgehead atoms. The quantitative estimate of drug-likeness (QED) is 0.493. The highest BCUT2D eigenvalue weighted by Gasteiger charge is 2.36. The molecule has 0 saturated carbocycles. The van der Waals surface area contributed by atoms with Crippen molar-refractivity contribution < 1.29 is 23.9 Å². The van der Waals surface area contributed by atoms with Gasteiger partial charge in [0.2, 0.25) is 6.79 Å². The van der Waals surface area contributed by atoms with Crippen LogP contribution in [-0.4, -0.2) is 38.7 Å². The molecule has 1 unspecified atom stereocenters. The second-order valence-electron chi connectivity index (χ2n) is 7.86. The van der Waals surface area contributed by atoms with Gasteiger partial charge in [-0.05, 0) is 30.3 Å². The maximum absolute atomic E-state index is 13.5. The van der Waals surface area contributed by atoms with Gasteiger partial charge in [-0.3, -0.25) is 9.78 Å². The zero-order valence-corrected chi connectivity index (χ0v) is 17.8. The minimum atomic E-state index is -0.505. The molecule has 4 heterocycles. The van der Waals surface area contributed by atoms with Crippen LogP contribution >= 0.6 is 0 Å². The number of carbonyl (C=O) groups excluding carboxylic acids is 1. The van der Waals surface area contributed by atoms with Crippen LogP contribution in [0.5, 0.6) is 17.2 Å². The van der Waals surface area contributed by atoms with Gasteiger partial charge in [0.1, 0.15) is 5.75 Å². The van der Waals surface area contributed by atoms with Crippen molar-refractivity contribution in [2.45, 2.75) is 12.5 Å². The van der Waals surface area contributed by atoms with Gasteiger partial charge in [-0.25, -0.2) is 5.01 Å². The summed E-state index contributed by atoms with van der Waals surface area (Å²) in [6.45, 7) is 0.166. The van der Waals surface area contributed by atoms with Crippen molar-refractivity contribution in [3.63, 3.8) is 0 Å². The molecule has 0 spiro atoms. The molecule has 34 heavy (non-hydrogen) atoms. The molecule has 9 nitrogen and oxygen atoms in total. The van der Waals surface area contributed by atoms with E-state index in [2.05, 4.69) is 15.2 Å². The summed E-state index contributed by atoms with van der Waals surface area (Å²) in [4.78, 5) is 17.7. The van der Waals surface area contributed by atoms with E-state index < -0.39 is 11.9 Å². The summed E-state index contributed by atoms with van der Waals surface area (Å²) in [6.07, 6.45) is 3.79. The Morgan fingerprint density at radius 2 is 1.88 bits per heavy atom. The molecule has 2 aromatic carbocycles. The first-order valence-corrected chi connectivity index (χ1v) is 10.6. The topological polar surface area (TPSA) is 110 Å². The van der Waals surface area contributed by atoms with Crippen LogP contribution in [0.4, 0.5) is 0 Å². The summed E-state index contributed by atoms with van der Waals surface area (Å²) in [5.74, 6) is 1.32. The van der Waals surface area contributed by atoms with Crippen molar-refractivity contribution in [3.05, 3.63) is 89.9 Å². The molecule has 9 heteroatoms. The number of hydrogen-bond donors (Lipinski definition) is 1. The highest BCUT2D eigenvalue weighted by atomic mass is 16.7. The van der Waals surface area contributed by atoms with E-state index in [0.29, 0.717) is 40.5 Å². The van der Waals surface area contributed by atoms with Gasteiger partial charge >= 0.3 is 0 Å². The smallest absolute Gasteiger partial charge is 0.296 e. The molecular formula is C25H18N4O5.